The SMILES string of the molecule is O=C(O)c1coc2c1CN(CCOc1ccccc1[N+](=O)[O-])C2. The maximum atomic E-state index is 11.1. The third-order valence-corrected chi connectivity index (χ3v) is 3.69. The van der Waals surface area contributed by atoms with Gasteiger partial charge < -0.3 is 14.3 Å². The number of hydrogen-bond acceptors (Lipinski definition) is 6. The lowest BCUT2D eigenvalue weighted by Crippen LogP contribution is -2.23. The van der Waals surface area contributed by atoms with E-state index in [-0.39, 0.29) is 23.6 Å². The molecule has 0 unspecified atom stereocenters. The minimum absolute atomic E-state index is 0.0750. The molecule has 2 aromatic rings. The normalized spacial score (nSPS) is 13.7. The largest absolute Gasteiger partial charge is 0.485 e. The summed E-state index contributed by atoms with van der Waals surface area (Å²) in [6.45, 7) is 1.74. The van der Waals surface area contributed by atoms with Crippen LogP contribution in [0.4, 0.5) is 5.69 Å². The maximum Gasteiger partial charge on any atom is 0.339 e. The topological polar surface area (TPSA) is 106 Å². The molecule has 1 aliphatic rings. The minimum Gasteiger partial charge on any atom is -0.485 e. The molecular weight excluding hydrogens is 304 g/mol. The van der Waals surface area contributed by atoms with Crippen molar-refractivity contribution in [3.05, 3.63) is 57.5 Å². The Hall–Kier alpha value is -2.87. The van der Waals surface area contributed by atoms with Crippen LogP contribution in [-0.4, -0.2) is 34.1 Å². The number of nitro groups is 1. The van der Waals surface area contributed by atoms with E-state index in [1.165, 1.54) is 12.3 Å². The highest BCUT2D eigenvalue weighted by atomic mass is 16.6. The Bertz CT molecular complexity index is 754. The van der Waals surface area contributed by atoms with Crippen molar-refractivity contribution < 1.29 is 24.0 Å². The second-order valence-corrected chi connectivity index (χ2v) is 5.14. The molecule has 0 amide bonds. The molecule has 2 heterocycles. The van der Waals surface area contributed by atoms with Gasteiger partial charge in [0.05, 0.1) is 11.5 Å². The summed E-state index contributed by atoms with van der Waals surface area (Å²) in [6, 6.07) is 6.19. The second kappa shape index (κ2) is 6.09. The van der Waals surface area contributed by atoms with Crippen LogP contribution in [0.15, 0.2) is 34.9 Å². The molecule has 0 spiro atoms. The highest BCUT2D eigenvalue weighted by Gasteiger charge is 2.28. The number of fused-ring (bicyclic) bond motifs is 1. The predicted molar refractivity (Wildman–Crippen MR) is 78.4 cm³/mol. The molecule has 120 valence electrons. The Labute approximate surface area is 131 Å². The number of hydrogen-bond donors (Lipinski definition) is 1. The highest BCUT2D eigenvalue weighted by Crippen LogP contribution is 2.28. The molecule has 1 aliphatic heterocycles. The van der Waals surface area contributed by atoms with Crippen LogP contribution in [0.1, 0.15) is 21.7 Å². The van der Waals surface area contributed by atoms with Gasteiger partial charge in [-0.2, -0.15) is 0 Å². The molecule has 1 aromatic carbocycles. The second-order valence-electron chi connectivity index (χ2n) is 5.14. The van der Waals surface area contributed by atoms with Crippen LogP contribution >= 0.6 is 0 Å². The number of rotatable bonds is 6. The molecule has 3 rings (SSSR count). The van der Waals surface area contributed by atoms with Gasteiger partial charge >= 0.3 is 11.7 Å². The zero-order valence-electron chi connectivity index (χ0n) is 12.1. The zero-order valence-corrected chi connectivity index (χ0v) is 12.1. The summed E-state index contributed by atoms with van der Waals surface area (Å²) in [5.41, 5.74) is 0.791. The number of carboxylic acid groups (broad SMARTS) is 1. The van der Waals surface area contributed by atoms with Crippen molar-refractivity contribution >= 4 is 11.7 Å². The van der Waals surface area contributed by atoms with Gasteiger partial charge in [-0.15, -0.1) is 0 Å². The Morgan fingerprint density at radius 3 is 2.91 bits per heavy atom. The summed E-state index contributed by atoms with van der Waals surface area (Å²) < 4.78 is 10.7. The molecule has 0 aliphatic carbocycles. The lowest BCUT2D eigenvalue weighted by atomic mass is 10.2. The number of benzene rings is 1. The quantitative estimate of drug-likeness (QED) is 0.643. The third-order valence-electron chi connectivity index (χ3n) is 3.69. The van der Waals surface area contributed by atoms with Crippen molar-refractivity contribution in [1.29, 1.82) is 0 Å². The Balaban J connectivity index is 1.57. The minimum atomic E-state index is -1.01. The number of nitro benzene ring substituents is 1. The third kappa shape index (κ3) is 3.02. The fourth-order valence-electron chi connectivity index (χ4n) is 2.56. The number of furan rings is 1. The van der Waals surface area contributed by atoms with Crippen molar-refractivity contribution in [1.82, 2.24) is 4.90 Å². The summed E-state index contributed by atoms with van der Waals surface area (Å²) in [7, 11) is 0. The first kappa shape index (κ1) is 15.0. The molecule has 0 bridgehead atoms. The van der Waals surface area contributed by atoms with Crippen LogP contribution in [-0.2, 0) is 13.1 Å². The van der Waals surface area contributed by atoms with E-state index in [0.717, 1.165) is 0 Å². The molecule has 0 fully saturated rings. The van der Waals surface area contributed by atoms with E-state index in [9.17, 15) is 14.9 Å². The zero-order chi connectivity index (χ0) is 16.4. The van der Waals surface area contributed by atoms with Crippen LogP contribution in [0.25, 0.3) is 0 Å². The first-order valence-corrected chi connectivity index (χ1v) is 6.97. The van der Waals surface area contributed by atoms with Crippen LogP contribution < -0.4 is 4.74 Å². The van der Waals surface area contributed by atoms with Gasteiger partial charge in [0.25, 0.3) is 0 Å². The van der Waals surface area contributed by atoms with E-state index in [4.69, 9.17) is 14.3 Å². The summed E-state index contributed by atoms with van der Waals surface area (Å²) in [6.07, 6.45) is 1.26. The van der Waals surface area contributed by atoms with Crippen LogP contribution in [0.2, 0.25) is 0 Å². The number of nitrogens with zero attached hydrogens (tertiary/aromatic N) is 2. The van der Waals surface area contributed by atoms with E-state index in [0.29, 0.717) is 31.0 Å². The van der Waals surface area contributed by atoms with Gasteiger partial charge in [0.1, 0.15) is 24.2 Å². The van der Waals surface area contributed by atoms with E-state index in [1.54, 1.807) is 18.2 Å². The van der Waals surface area contributed by atoms with Gasteiger partial charge in [0.2, 0.25) is 0 Å². The van der Waals surface area contributed by atoms with Crippen molar-refractivity contribution in [2.24, 2.45) is 0 Å². The summed E-state index contributed by atoms with van der Waals surface area (Å²) in [5, 5.41) is 20.0. The van der Waals surface area contributed by atoms with Gasteiger partial charge in [0, 0.05) is 24.7 Å². The summed E-state index contributed by atoms with van der Waals surface area (Å²) in [5.74, 6) is -0.138. The highest BCUT2D eigenvalue weighted by molar-refractivity contribution is 5.89. The van der Waals surface area contributed by atoms with Crippen LogP contribution in [0.3, 0.4) is 0 Å². The molecule has 0 saturated heterocycles. The number of aromatic carboxylic acids is 1. The van der Waals surface area contributed by atoms with E-state index in [2.05, 4.69) is 0 Å². The molecule has 1 aromatic heterocycles. The van der Waals surface area contributed by atoms with Gasteiger partial charge in [-0.3, -0.25) is 15.0 Å². The monoisotopic (exact) mass is 318 g/mol. The Morgan fingerprint density at radius 1 is 1.39 bits per heavy atom. The van der Waals surface area contributed by atoms with Gasteiger partial charge in [-0.1, -0.05) is 12.1 Å². The Morgan fingerprint density at radius 2 is 2.17 bits per heavy atom. The molecule has 0 saturated carbocycles. The van der Waals surface area contributed by atoms with E-state index < -0.39 is 10.9 Å². The van der Waals surface area contributed by atoms with E-state index >= 15 is 0 Å². The predicted octanol–water partition coefficient (Wildman–Crippen LogP) is 2.28. The first-order chi connectivity index (χ1) is 11.1. The summed E-state index contributed by atoms with van der Waals surface area (Å²) in [4.78, 5) is 23.4. The van der Waals surface area contributed by atoms with Crippen molar-refractivity contribution in [3.63, 3.8) is 0 Å². The number of para-hydroxylation sites is 2. The lowest BCUT2D eigenvalue weighted by Gasteiger charge is -2.15. The molecule has 8 heteroatoms. The molecule has 0 atom stereocenters. The van der Waals surface area contributed by atoms with Gasteiger partial charge in [-0.25, -0.2) is 4.79 Å². The van der Waals surface area contributed by atoms with Gasteiger partial charge in [-0.05, 0) is 6.07 Å². The first-order valence-electron chi connectivity index (χ1n) is 6.97. The van der Waals surface area contributed by atoms with Crippen LogP contribution in [0.5, 0.6) is 5.75 Å². The number of carboxylic acids is 1. The lowest BCUT2D eigenvalue weighted by molar-refractivity contribution is -0.385. The molecule has 23 heavy (non-hydrogen) atoms. The fourth-order valence-corrected chi connectivity index (χ4v) is 2.56. The van der Waals surface area contributed by atoms with Gasteiger partial charge in [0.15, 0.2) is 5.75 Å². The summed E-state index contributed by atoms with van der Waals surface area (Å²) >= 11 is 0. The van der Waals surface area contributed by atoms with Crippen molar-refractivity contribution in [2.45, 2.75) is 13.1 Å². The Kier molecular flexibility index (Phi) is 3.98. The average molecular weight is 318 g/mol. The van der Waals surface area contributed by atoms with Crippen LogP contribution in [0, 0.1) is 10.1 Å². The smallest absolute Gasteiger partial charge is 0.339 e. The molecule has 0 radical (unpaired) electrons. The molecule has 8 nitrogen and oxygen atoms in total. The number of ether oxygens (including phenoxy) is 1. The fraction of sp³-hybridized carbons (Fsp3) is 0.267. The molecular formula is C15H14N2O6. The molecule has 1 N–H and O–H groups in total. The standard InChI is InChI=1S/C15H14N2O6/c18-15(19)11-9-23-14-8-16(7-10(11)14)5-6-22-13-4-2-1-3-12(13)17(20)21/h1-4,9H,5-8H2,(H,18,19). The maximum absolute atomic E-state index is 11.1. The van der Waals surface area contributed by atoms with Crippen molar-refractivity contribution in [3.8, 4) is 5.75 Å². The van der Waals surface area contributed by atoms with E-state index in [1.807, 2.05) is 4.90 Å². The van der Waals surface area contributed by atoms with Crippen molar-refractivity contribution in [2.75, 3.05) is 13.2 Å². The average Bonchev–Trinajstić information content (AvgIpc) is 3.07. The number of carbonyl (C=O) groups is 1.